The number of carbonyl (C=O) groups is 2. The quantitative estimate of drug-likeness (QED) is 0.475. The number of fused-ring (bicyclic) bond motifs is 1. The highest BCUT2D eigenvalue weighted by Crippen LogP contribution is 2.30. The maximum Gasteiger partial charge on any atom is 0.412 e. The van der Waals surface area contributed by atoms with Crippen molar-refractivity contribution in [2.75, 3.05) is 25.2 Å². The Morgan fingerprint density at radius 1 is 1.07 bits per heavy atom. The van der Waals surface area contributed by atoms with Crippen LogP contribution < -0.4 is 5.32 Å². The molecule has 0 fully saturated rings. The number of para-hydroxylation sites is 1. The minimum atomic E-state index is -0.625. The van der Waals surface area contributed by atoms with Crippen LogP contribution in [0.3, 0.4) is 0 Å². The third kappa shape index (κ3) is 4.22. The highest BCUT2D eigenvalue weighted by molar-refractivity contribution is 6.07. The Kier molecular flexibility index (Phi) is 6.11. The lowest BCUT2D eigenvalue weighted by molar-refractivity contribution is -0.0116. The summed E-state index contributed by atoms with van der Waals surface area (Å²) >= 11 is 0. The predicted molar refractivity (Wildman–Crippen MR) is 106 cm³/mol. The van der Waals surface area contributed by atoms with Gasteiger partial charge in [0.1, 0.15) is 5.69 Å². The second kappa shape index (κ2) is 8.90. The van der Waals surface area contributed by atoms with Gasteiger partial charge in [0.15, 0.2) is 0 Å². The fraction of sp³-hybridized carbons (Fsp3) is 0.250. The van der Waals surface area contributed by atoms with Crippen LogP contribution >= 0.6 is 0 Å². The lowest BCUT2D eigenvalue weighted by Crippen LogP contribution is -2.32. The Morgan fingerprint density at radius 3 is 2.50 bits per heavy atom. The zero-order valence-electron chi connectivity index (χ0n) is 15.8. The Bertz CT molecular complexity index is 951. The highest BCUT2D eigenvalue weighted by atomic mass is 16.7. The number of ether oxygens (including phenoxy) is 2. The molecule has 3 rings (SSSR count). The normalized spacial score (nSPS) is 10.5. The Labute approximate surface area is 162 Å². The smallest absolute Gasteiger partial charge is 0.412 e. The summed E-state index contributed by atoms with van der Waals surface area (Å²) < 4.78 is 10.2. The lowest BCUT2D eigenvalue weighted by atomic mass is 10.2. The van der Waals surface area contributed by atoms with E-state index in [1.807, 2.05) is 38.1 Å². The largest absolute Gasteiger partial charge is 0.423 e. The number of aromatic amines is 1. The molecular weight excluding hydrogens is 360 g/mol. The summed E-state index contributed by atoms with van der Waals surface area (Å²) in [5, 5.41) is 4.06. The van der Waals surface area contributed by atoms with Gasteiger partial charge in [-0.25, -0.2) is 9.59 Å². The maximum absolute atomic E-state index is 12.6. The molecule has 0 saturated carbocycles. The van der Waals surface area contributed by atoms with Crippen molar-refractivity contribution in [3.05, 3.63) is 54.5 Å². The molecule has 146 valence electrons. The van der Waals surface area contributed by atoms with Gasteiger partial charge in [0.25, 0.3) is 0 Å². The van der Waals surface area contributed by atoms with Gasteiger partial charge in [-0.05, 0) is 32.0 Å². The summed E-state index contributed by atoms with van der Waals surface area (Å²) in [6.45, 7) is 4.27. The third-order valence-corrected chi connectivity index (χ3v) is 4.25. The molecule has 2 N–H and O–H groups in total. The molecule has 2 aromatic heterocycles. The Balaban J connectivity index is 1.77. The van der Waals surface area contributed by atoms with E-state index in [1.54, 1.807) is 24.5 Å². The van der Waals surface area contributed by atoms with Crippen molar-refractivity contribution in [1.82, 2.24) is 14.9 Å². The van der Waals surface area contributed by atoms with E-state index in [9.17, 15) is 9.59 Å². The molecule has 8 heteroatoms. The summed E-state index contributed by atoms with van der Waals surface area (Å²) in [4.78, 5) is 33.0. The molecule has 0 bridgehead atoms. The number of H-pyrrole nitrogens is 1. The van der Waals surface area contributed by atoms with Crippen LogP contribution in [0.15, 0.2) is 48.8 Å². The molecule has 0 saturated heterocycles. The fourth-order valence-corrected chi connectivity index (χ4v) is 2.78. The first kappa shape index (κ1) is 19.2. The average molecular weight is 382 g/mol. The van der Waals surface area contributed by atoms with E-state index in [4.69, 9.17) is 9.47 Å². The standard InChI is InChI=1S/C20H22N4O4/c1-3-24(4-2)20(26)28-13-27-19(25)18-17(22-14-9-11-21-12-10-14)15-7-5-6-8-16(15)23-18/h5-12,23H,3-4,13H2,1-2H3,(H,21,22). The van der Waals surface area contributed by atoms with Gasteiger partial charge in [0.05, 0.1) is 5.69 Å². The molecule has 0 radical (unpaired) electrons. The molecule has 8 nitrogen and oxygen atoms in total. The van der Waals surface area contributed by atoms with Gasteiger partial charge in [-0.2, -0.15) is 0 Å². The summed E-state index contributed by atoms with van der Waals surface area (Å²) in [5.41, 5.74) is 2.40. The minimum Gasteiger partial charge on any atom is -0.423 e. The van der Waals surface area contributed by atoms with E-state index >= 15 is 0 Å². The van der Waals surface area contributed by atoms with Gasteiger partial charge in [0, 0.05) is 42.1 Å². The molecule has 1 aromatic carbocycles. The summed E-state index contributed by atoms with van der Waals surface area (Å²) in [5.74, 6) is -0.625. The molecule has 3 aromatic rings. The van der Waals surface area contributed by atoms with Crippen molar-refractivity contribution in [2.24, 2.45) is 0 Å². The Morgan fingerprint density at radius 2 is 1.79 bits per heavy atom. The topological polar surface area (TPSA) is 96.5 Å². The molecule has 28 heavy (non-hydrogen) atoms. The van der Waals surface area contributed by atoms with E-state index < -0.39 is 18.9 Å². The zero-order valence-corrected chi connectivity index (χ0v) is 15.8. The van der Waals surface area contributed by atoms with E-state index in [0.717, 1.165) is 16.6 Å². The maximum atomic E-state index is 12.6. The van der Waals surface area contributed by atoms with Crippen LogP contribution in [0.25, 0.3) is 10.9 Å². The van der Waals surface area contributed by atoms with Gasteiger partial charge in [0.2, 0.25) is 6.79 Å². The van der Waals surface area contributed by atoms with Crippen molar-refractivity contribution in [3.8, 4) is 0 Å². The highest BCUT2D eigenvalue weighted by Gasteiger charge is 2.20. The first-order valence-corrected chi connectivity index (χ1v) is 9.00. The van der Waals surface area contributed by atoms with Crippen molar-refractivity contribution in [2.45, 2.75) is 13.8 Å². The average Bonchev–Trinajstić information content (AvgIpc) is 3.08. The van der Waals surface area contributed by atoms with Crippen molar-refractivity contribution in [1.29, 1.82) is 0 Å². The lowest BCUT2D eigenvalue weighted by Gasteiger charge is -2.17. The fourth-order valence-electron chi connectivity index (χ4n) is 2.78. The van der Waals surface area contributed by atoms with Crippen LogP contribution in [0.2, 0.25) is 0 Å². The van der Waals surface area contributed by atoms with Gasteiger partial charge in [-0.1, -0.05) is 18.2 Å². The number of pyridine rings is 1. The number of amides is 1. The van der Waals surface area contributed by atoms with Crippen molar-refractivity contribution >= 4 is 34.3 Å². The van der Waals surface area contributed by atoms with Gasteiger partial charge >= 0.3 is 12.1 Å². The van der Waals surface area contributed by atoms with E-state index in [2.05, 4.69) is 15.3 Å². The van der Waals surface area contributed by atoms with Crippen LogP contribution in [0.4, 0.5) is 16.2 Å². The number of anilines is 2. The number of benzene rings is 1. The van der Waals surface area contributed by atoms with Crippen molar-refractivity contribution in [3.63, 3.8) is 0 Å². The number of nitrogens with one attached hydrogen (secondary N) is 2. The van der Waals surface area contributed by atoms with Gasteiger partial charge in [-0.15, -0.1) is 0 Å². The first-order chi connectivity index (χ1) is 13.6. The third-order valence-electron chi connectivity index (χ3n) is 4.25. The van der Waals surface area contributed by atoms with Crippen LogP contribution in [-0.2, 0) is 9.47 Å². The van der Waals surface area contributed by atoms with Crippen LogP contribution in [-0.4, -0.2) is 46.8 Å². The molecular formula is C20H22N4O4. The molecule has 0 aliphatic rings. The predicted octanol–water partition coefficient (Wildman–Crippen LogP) is 3.90. The second-order valence-corrected chi connectivity index (χ2v) is 5.91. The van der Waals surface area contributed by atoms with Crippen molar-refractivity contribution < 1.29 is 19.1 Å². The van der Waals surface area contributed by atoms with E-state index in [1.165, 1.54) is 4.90 Å². The number of rotatable bonds is 7. The Hall–Kier alpha value is -3.55. The molecule has 2 heterocycles. The minimum absolute atomic E-state index is 0.247. The first-order valence-electron chi connectivity index (χ1n) is 9.00. The van der Waals surface area contributed by atoms with Gasteiger partial charge in [-0.3, -0.25) is 4.98 Å². The number of aromatic nitrogens is 2. The molecule has 0 atom stereocenters. The molecule has 0 unspecified atom stereocenters. The molecule has 1 amide bonds. The van der Waals surface area contributed by atoms with E-state index in [0.29, 0.717) is 18.8 Å². The van der Waals surface area contributed by atoms with Crippen LogP contribution in [0.1, 0.15) is 24.3 Å². The summed E-state index contributed by atoms with van der Waals surface area (Å²) in [6.07, 6.45) is 2.79. The van der Waals surface area contributed by atoms with Crippen LogP contribution in [0, 0.1) is 0 Å². The number of esters is 1. The molecule has 0 spiro atoms. The summed E-state index contributed by atoms with van der Waals surface area (Å²) in [6, 6.07) is 11.1. The zero-order chi connectivity index (χ0) is 19.9. The number of hydrogen-bond donors (Lipinski definition) is 2. The number of hydrogen-bond acceptors (Lipinski definition) is 6. The number of carbonyl (C=O) groups excluding carboxylic acids is 2. The van der Waals surface area contributed by atoms with Crippen LogP contribution in [0.5, 0.6) is 0 Å². The van der Waals surface area contributed by atoms with E-state index in [-0.39, 0.29) is 5.69 Å². The SMILES string of the molecule is CCN(CC)C(=O)OCOC(=O)c1[nH]c2ccccc2c1Nc1ccncc1. The number of nitrogens with zero attached hydrogens (tertiary/aromatic N) is 2. The molecule has 0 aliphatic heterocycles. The summed E-state index contributed by atoms with van der Waals surface area (Å²) in [7, 11) is 0. The second-order valence-electron chi connectivity index (χ2n) is 5.91. The monoisotopic (exact) mass is 382 g/mol. The molecule has 0 aliphatic carbocycles. The van der Waals surface area contributed by atoms with Gasteiger partial charge < -0.3 is 24.7 Å².